The molecule has 1 amide bonds. The first-order valence-corrected chi connectivity index (χ1v) is 7.69. The van der Waals surface area contributed by atoms with Crippen LogP contribution in [0.25, 0.3) is 0 Å². The highest BCUT2D eigenvalue weighted by Gasteiger charge is 2.28. The van der Waals surface area contributed by atoms with Crippen LogP contribution in [0.4, 0.5) is 0 Å². The van der Waals surface area contributed by atoms with Crippen molar-refractivity contribution < 1.29 is 9.32 Å². The van der Waals surface area contributed by atoms with Gasteiger partial charge in [0, 0.05) is 12.0 Å². The van der Waals surface area contributed by atoms with E-state index in [-0.39, 0.29) is 11.9 Å². The minimum Gasteiger partial charge on any atom is -0.360 e. The van der Waals surface area contributed by atoms with Crippen LogP contribution in [0.2, 0.25) is 0 Å². The number of nitrogens with zero attached hydrogens (tertiary/aromatic N) is 1. The monoisotopic (exact) mass is 282 g/mol. The molecule has 4 nitrogen and oxygen atoms in total. The van der Waals surface area contributed by atoms with Gasteiger partial charge in [0.25, 0.3) is 5.91 Å². The zero-order valence-electron chi connectivity index (χ0n) is 11.9. The number of carbonyl (C=O) groups excluding carboxylic acids is 1. The highest BCUT2D eigenvalue weighted by Crippen LogP contribution is 2.31. The first-order chi connectivity index (χ1) is 10.3. The Hall–Kier alpha value is -2.10. The van der Waals surface area contributed by atoms with Gasteiger partial charge in [-0.15, -0.1) is 0 Å². The molecule has 2 aliphatic carbocycles. The number of carbonyl (C=O) groups is 1. The maximum atomic E-state index is 12.5. The van der Waals surface area contributed by atoms with Crippen LogP contribution in [0.1, 0.15) is 58.2 Å². The van der Waals surface area contributed by atoms with E-state index in [1.807, 2.05) is 6.07 Å². The molecule has 0 bridgehead atoms. The van der Waals surface area contributed by atoms with E-state index in [0.29, 0.717) is 5.69 Å². The molecule has 2 aliphatic rings. The number of hydrogen-bond donors (Lipinski definition) is 1. The van der Waals surface area contributed by atoms with Gasteiger partial charge in [0.1, 0.15) is 5.76 Å². The molecule has 0 aliphatic heterocycles. The summed E-state index contributed by atoms with van der Waals surface area (Å²) < 4.78 is 5.33. The first kappa shape index (κ1) is 12.6. The third kappa shape index (κ3) is 2.15. The fourth-order valence-corrected chi connectivity index (χ4v) is 3.50. The summed E-state index contributed by atoms with van der Waals surface area (Å²) in [5, 5.41) is 7.13. The third-order valence-electron chi connectivity index (χ3n) is 4.60. The molecule has 4 heteroatoms. The highest BCUT2D eigenvalue weighted by atomic mass is 16.5. The van der Waals surface area contributed by atoms with E-state index in [0.717, 1.165) is 49.8 Å². The highest BCUT2D eigenvalue weighted by molar-refractivity contribution is 5.94. The molecule has 1 aromatic carbocycles. The van der Waals surface area contributed by atoms with Crippen molar-refractivity contribution in [3.63, 3.8) is 0 Å². The molecule has 21 heavy (non-hydrogen) atoms. The molecule has 0 saturated carbocycles. The summed E-state index contributed by atoms with van der Waals surface area (Å²) in [5.41, 5.74) is 4.09. The quantitative estimate of drug-likeness (QED) is 0.921. The van der Waals surface area contributed by atoms with E-state index in [9.17, 15) is 4.79 Å². The van der Waals surface area contributed by atoms with Gasteiger partial charge in [0.15, 0.2) is 5.69 Å². The smallest absolute Gasteiger partial charge is 0.274 e. The first-order valence-electron chi connectivity index (χ1n) is 7.69. The number of hydrogen-bond acceptors (Lipinski definition) is 3. The van der Waals surface area contributed by atoms with Crippen LogP contribution in [0.15, 0.2) is 28.8 Å². The molecule has 0 spiro atoms. The van der Waals surface area contributed by atoms with E-state index >= 15 is 0 Å². The lowest BCUT2D eigenvalue weighted by Gasteiger charge is -2.14. The van der Waals surface area contributed by atoms with E-state index in [4.69, 9.17) is 4.52 Å². The van der Waals surface area contributed by atoms with Gasteiger partial charge in [-0.1, -0.05) is 29.4 Å². The van der Waals surface area contributed by atoms with Gasteiger partial charge < -0.3 is 9.84 Å². The maximum absolute atomic E-state index is 12.5. The lowest BCUT2D eigenvalue weighted by Crippen LogP contribution is -2.28. The van der Waals surface area contributed by atoms with E-state index in [2.05, 4.69) is 28.7 Å². The number of aromatic nitrogens is 1. The Kier molecular flexibility index (Phi) is 3.02. The van der Waals surface area contributed by atoms with Crippen molar-refractivity contribution in [1.82, 2.24) is 10.5 Å². The van der Waals surface area contributed by atoms with Crippen molar-refractivity contribution in [3.05, 3.63) is 52.4 Å². The minimum absolute atomic E-state index is 0.0939. The average molecular weight is 282 g/mol. The Morgan fingerprint density at radius 1 is 1.19 bits per heavy atom. The number of benzene rings is 1. The van der Waals surface area contributed by atoms with Gasteiger partial charge in [0.05, 0.1) is 6.04 Å². The van der Waals surface area contributed by atoms with Crippen molar-refractivity contribution in [1.29, 1.82) is 0 Å². The van der Waals surface area contributed by atoms with E-state index in [1.165, 1.54) is 11.1 Å². The molecule has 4 rings (SSSR count). The third-order valence-corrected chi connectivity index (χ3v) is 4.60. The van der Waals surface area contributed by atoms with Gasteiger partial charge in [-0.3, -0.25) is 4.79 Å². The van der Waals surface area contributed by atoms with E-state index < -0.39 is 0 Å². The minimum atomic E-state index is -0.0939. The molecule has 0 fully saturated rings. The van der Waals surface area contributed by atoms with Crippen LogP contribution >= 0.6 is 0 Å². The van der Waals surface area contributed by atoms with Gasteiger partial charge in [-0.2, -0.15) is 0 Å². The average Bonchev–Trinajstić information content (AvgIpc) is 3.12. The molecule has 1 unspecified atom stereocenters. The summed E-state index contributed by atoms with van der Waals surface area (Å²) in [5.74, 6) is 0.807. The summed E-state index contributed by atoms with van der Waals surface area (Å²) in [6.07, 6.45) is 6.04. The summed E-state index contributed by atoms with van der Waals surface area (Å²) >= 11 is 0. The predicted molar refractivity (Wildman–Crippen MR) is 78.1 cm³/mol. The standard InChI is InChI=1S/C17H18N2O2/c20-17(16-13-7-3-4-8-15(13)21-19-16)18-14-10-9-11-5-1-2-6-12(11)14/h1-2,5-6,14H,3-4,7-10H2,(H,18,20). The van der Waals surface area contributed by atoms with Crippen LogP contribution in [0, 0.1) is 0 Å². The molecule has 1 heterocycles. The lowest BCUT2D eigenvalue weighted by atomic mass is 9.96. The molecule has 0 radical (unpaired) electrons. The Bertz CT molecular complexity index is 690. The summed E-state index contributed by atoms with van der Waals surface area (Å²) in [6.45, 7) is 0. The summed E-state index contributed by atoms with van der Waals surface area (Å²) in [4.78, 5) is 12.5. The maximum Gasteiger partial charge on any atom is 0.274 e. The molecule has 1 atom stereocenters. The molecular weight excluding hydrogens is 264 g/mol. The molecule has 1 aromatic heterocycles. The molecular formula is C17H18N2O2. The van der Waals surface area contributed by atoms with Crippen LogP contribution < -0.4 is 5.32 Å². The predicted octanol–water partition coefficient (Wildman–Crippen LogP) is 2.97. The van der Waals surface area contributed by atoms with Gasteiger partial charge >= 0.3 is 0 Å². The fraction of sp³-hybridized carbons (Fsp3) is 0.412. The summed E-state index contributed by atoms with van der Waals surface area (Å²) in [6, 6.07) is 8.42. The number of fused-ring (bicyclic) bond motifs is 2. The van der Waals surface area contributed by atoms with Gasteiger partial charge in [-0.25, -0.2) is 0 Å². The van der Waals surface area contributed by atoms with Crippen LogP contribution in [-0.4, -0.2) is 11.1 Å². The van der Waals surface area contributed by atoms with Crippen molar-refractivity contribution in [2.24, 2.45) is 0 Å². The lowest BCUT2D eigenvalue weighted by molar-refractivity contribution is 0.0926. The Labute approximate surface area is 123 Å². The summed E-state index contributed by atoms with van der Waals surface area (Å²) in [7, 11) is 0. The van der Waals surface area contributed by atoms with Crippen molar-refractivity contribution in [2.45, 2.75) is 44.6 Å². The van der Waals surface area contributed by atoms with Gasteiger partial charge in [-0.05, 0) is 43.2 Å². The zero-order chi connectivity index (χ0) is 14.2. The second-order valence-corrected chi connectivity index (χ2v) is 5.90. The van der Waals surface area contributed by atoms with Crippen LogP contribution in [0.5, 0.6) is 0 Å². The Balaban J connectivity index is 1.56. The number of nitrogens with one attached hydrogen (secondary N) is 1. The zero-order valence-corrected chi connectivity index (χ0v) is 11.9. The second kappa shape index (κ2) is 5.02. The topological polar surface area (TPSA) is 55.1 Å². The Morgan fingerprint density at radius 2 is 2.05 bits per heavy atom. The van der Waals surface area contributed by atoms with Crippen molar-refractivity contribution >= 4 is 5.91 Å². The molecule has 0 saturated heterocycles. The number of amides is 1. The van der Waals surface area contributed by atoms with Crippen molar-refractivity contribution in [2.75, 3.05) is 0 Å². The molecule has 108 valence electrons. The second-order valence-electron chi connectivity index (χ2n) is 5.90. The SMILES string of the molecule is O=C(NC1CCc2ccccc21)c1noc2c1CCCC2. The van der Waals surface area contributed by atoms with Crippen LogP contribution in [-0.2, 0) is 19.3 Å². The fourth-order valence-electron chi connectivity index (χ4n) is 3.50. The van der Waals surface area contributed by atoms with E-state index in [1.54, 1.807) is 0 Å². The van der Waals surface area contributed by atoms with Crippen molar-refractivity contribution in [3.8, 4) is 0 Å². The Morgan fingerprint density at radius 3 is 3.00 bits per heavy atom. The van der Waals surface area contributed by atoms with Gasteiger partial charge in [0.2, 0.25) is 0 Å². The molecule has 2 aromatic rings. The normalized spacial score (nSPS) is 19.9. The molecule has 1 N–H and O–H groups in total. The van der Waals surface area contributed by atoms with Crippen LogP contribution in [0.3, 0.4) is 0 Å². The number of rotatable bonds is 2. The largest absolute Gasteiger partial charge is 0.360 e. The number of aryl methyl sites for hydroxylation is 2.